The number of aliphatic hydroxyl groups excluding tert-OH is 1. The van der Waals surface area contributed by atoms with Gasteiger partial charge in [0.2, 0.25) is 0 Å². The summed E-state index contributed by atoms with van der Waals surface area (Å²) in [5, 5.41) is 15.5. The van der Waals surface area contributed by atoms with Gasteiger partial charge in [0.15, 0.2) is 5.96 Å². The quantitative estimate of drug-likeness (QED) is 0.454. The normalized spacial score (nSPS) is 23.6. The van der Waals surface area contributed by atoms with Crippen molar-refractivity contribution in [2.24, 2.45) is 22.7 Å². The molecule has 0 radical (unpaired) electrons. The van der Waals surface area contributed by atoms with Gasteiger partial charge in [0.05, 0.1) is 5.92 Å². The number of aliphatic imine (C=N–C) groups is 1. The van der Waals surface area contributed by atoms with Crippen molar-refractivity contribution in [3.8, 4) is 0 Å². The standard InChI is InChI=1S/C18H34F3N3O/c1-4-22-17(23-12-14(8-9-25)10-13(2)3)24-16-7-5-6-15(11-16)18(19,20)21/h13-16,25H,4-12H2,1-3H3,(H2,22,23,24). The molecule has 0 bridgehead atoms. The zero-order chi connectivity index (χ0) is 18.9. The number of aliphatic hydroxyl groups is 1. The topological polar surface area (TPSA) is 56.7 Å². The minimum absolute atomic E-state index is 0.111. The number of alkyl halides is 3. The predicted octanol–water partition coefficient (Wildman–Crippen LogP) is 3.71. The van der Waals surface area contributed by atoms with Crippen LogP contribution in [0.25, 0.3) is 0 Å². The van der Waals surface area contributed by atoms with Gasteiger partial charge in [-0.1, -0.05) is 20.3 Å². The second-order valence-electron chi connectivity index (χ2n) is 7.47. The van der Waals surface area contributed by atoms with Crippen molar-refractivity contribution in [3.05, 3.63) is 0 Å². The van der Waals surface area contributed by atoms with E-state index in [9.17, 15) is 18.3 Å². The highest BCUT2D eigenvalue weighted by Crippen LogP contribution is 2.37. The summed E-state index contributed by atoms with van der Waals surface area (Å²) in [7, 11) is 0. The zero-order valence-electron chi connectivity index (χ0n) is 15.7. The highest BCUT2D eigenvalue weighted by atomic mass is 19.4. The van der Waals surface area contributed by atoms with Crippen molar-refractivity contribution in [1.29, 1.82) is 0 Å². The van der Waals surface area contributed by atoms with E-state index in [1.807, 2.05) is 6.92 Å². The number of nitrogens with one attached hydrogen (secondary N) is 2. The third-order valence-electron chi connectivity index (χ3n) is 4.67. The number of rotatable bonds is 8. The van der Waals surface area contributed by atoms with Gasteiger partial charge in [-0.05, 0) is 50.9 Å². The summed E-state index contributed by atoms with van der Waals surface area (Å²) >= 11 is 0. The minimum atomic E-state index is -4.11. The van der Waals surface area contributed by atoms with E-state index in [1.54, 1.807) is 0 Å². The molecule has 1 aliphatic carbocycles. The third kappa shape index (κ3) is 8.79. The summed E-state index contributed by atoms with van der Waals surface area (Å²) < 4.78 is 38.9. The van der Waals surface area contributed by atoms with Crippen LogP contribution in [-0.4, -0.2) is 43.0 Å². The SMILES string of the molecule is CCNC(=NCC(CCO)CC(C)C)NC1CCCC(C(F)(F)F)C1. The van der Waals surface area contributed by atoms with Crippen LogP contribution in [0.4, 0.5) is 13.2 Å². The van der Waals surface area contributed by atoms with Gasteiger partial charge in [0, 0.05) is 25.7 Å². The predicted molar refractivity (Wildman–Crippen MR) is 95.6 cm³/mol. The molecule has 7 heteroatoms. The van der Waals surface area contributed by atoms with E-state index >= 15 is 0 Å². The van der Waals surface area contributed by atoms with Gasteiger partial charge in [-0.3, -0.25) is 4.99 Å². The fourth-order valence-corrected chi connectivity index (χ4v) is 3.48. The maximum absolute atomic E-state index is 13.0. The molecule has 0 aromatic carbocycles. The van der Waals surface area contributed by atoms with Crippen LogP contribution in [0.15, 0.2) is 4.99 Å². The van der Waals surface area contributed by atoms with Gasteiger partial charge >= 0.3 is 6.18 Å². The van der Waals surface area contributed by atoms with Gasteiger partial charge in [-0.25, -0.2) is 0 Å². The van der Waals surface area contributed by atoms with Gasteiger partial charge in [-0.15, -0.1) is 0 Å². The Morgan fingerprint density at radius 1 is 1.28 bits per heavy atom. The maximum atomic E-state index is 13.0. The molecule has 4 nitrogen and oxygen atoms in total. The second kappa shape index (κ2) is 10.9. The number of nitrogens with zero attached hydrogens (tertiary/aromatic N) is 1. The van der Waals surface area contributed by atoms with Crippen LogP contribution in [0.1, 0.15) is 59.3 Å². The molecule has 1 rings (SSSR count). The Balaban J connectivity index is 2.65. The highest BCUT2D eigenvalue weighted by Gasteiger charge is 2.42. The summed E-state index contributed by atoms with van der Waals surface area (Å²) in [6, 6.07) is -0.195. The van der Waals surface area contributed by atoms with Crippen molar-refractivity contribution >= 4 is 5.96 Å². The van der Waals surface area contributed by atoms with E-state index in [0.717, 1.165) is 12.8 Å². The first-order valence-corrected chi connectivity index (χ1v) is 9.48. The molecule has 3 N–H and O–H groups in total. The summed E-state index contributed by atoms with van der Waals surface area (Å²) in [5.74, 6) is 0.176. The van der Waals surface area contributed by atoms with Gasteiger partial charge in [0.25, 0.3) is 0 Å². The average Bonchev–Trinajstić information content (AvgIpc) is 2.52. The molecule has 1 fully saturated rings. The molecular formula is C18H34F3N3O. The smallest absolute Gasteiger partial charge is 0.391 e. The van der Waals surface area contributed by atoms with E-state index in [0.29, 0.717) is 37.8 Å². The van der Waals surface area contributed by atoms with Gasteiger partial charge < -0.3 is 15.7 Å². The van der Waals surface area contributed by atoms with Crippen molar-refractivity contribution in [2.75, 3.05) is 19.7 Å². The van der Waals surface area contributed by atoms with E-state index < -0.39 is 12.1 Å². The molecule has 0 amide bonds. The third-order valence-corrected chi connectivity index (χ3v) is 4.67. The van der Waals surface area contributed by atoms with E-state index in [4.69, 9.17) is 0 Å². The molecule has 1 aliphatic rings. The number of hydrogen-bond acceptors (Lipinski definition) is 2. The highest BCUT2D eigenvalue weighted by molar-refractivity contribution is 5.80. The lowest BCUT2D eigenvalue weighted by atomic mass is 9.85. The van der Waals surface area contributed by atoms with Crippen molar-refractivity contribution in [2.45, 2.75) is 71.5 Å². The van der Waals surface area contributed by atoms with Crippen LogP contribution in [0.2, 0.25) is 0 Å². The Labute approximate surface area is 149 Å². The number of halogens is 3. The summed E-state index contributed by atoms with van der Waals surface area (Å²) in [5.41, 5.74) is 0. The largest absolute Gasteiger partial charge is 0.396 e. The molecule has 0 heterocycles. The van der Waals surface area contributed by atoms with Crippen molar-refractivity contribution in [1.82, 2.24) is 10.6 Å². The maximum Gasteiger partial charge on any atom is 0.391 e. The Hall–Kier alpha value is -0.980. The molecule has 148 valence electrons. The van der Waals surface area contributed by atoms with Gasteiger partial charge in [-0.2, -0.15) is 13.2 Å². The first kappa shape index (κ1) is 22.1. The lowest BCUT2D eigenvalue weighted by molar-refractivity contribution is -0.183. The Kier molecular flexibility index (Phi) is 9.61. The summed E-state index contributed by atoms with van der Waals surface area (Å²) in [6.07, 6.45) is -0.782. The number of guanidine groups is 1. The number of hydrogen-bond donors (Lipinski definition) is 3. The molecule has 0 aromatic rings. The van der Waals surface area contributed by atoms with Crippen LogP contribution in [0, 0.1) is 17.8 Å². The molecule has 0 spiro atoms. The van der Waals surface area contributed by atoms with Gasteiger partial charge in [0.1, 0.15) is 0 Å². The second-order valence-corrected chi connectivity index (χ2v) is 7.47. The van der Waals surface area contributed by atoms with Crippen LogP contribution in [0.5, 0.6) is 0 Å². The lowest BCUT2D eigenvalue weighted by Gasteiger charge is -2.32. The van der Waals surface area contributed by atoms with E-state index in [-0.39, 0.29) is 31.4 Å². The van der Waals surface area contributed by atoms with Crippen LogP contribution in [0.3, 0.4) is 0 Å². The Morgan fingerprint density at radius 3 is 2.56 bits per heavy atom. The Bertz CT molecular complexity index is 400. The molecular weight excluding hydrogens is 331 g/mol. The summed E-state index contributed by atoms with van der Waals surface area (Å²) in [6.45, 7) is 7.58. The fraction of sp³-hybridized carbons (Fsp3) is 0.944. The monoisotopic (exact) mass is 365 g/mol. The molecule has 0 aliphatic heterocycles. The van der Waals surface area contributed by atoms with Crippen LogP contribution in [-0.2, 0) is 0 Å². The molecule has 3 atom stereocenters. The molecule has 0 aromatic heterocycles. The van der Waals surface area contributed by atoms with E-state index in [1.165, 1.54) is 0 Å². The van der Waals surface area contributed by atoms with E-state index in [2.05, 4.69) is 29.5 Å². The average molecular weight is 365 g/mol. The minimum Gasteiger partial charge on any atom is -0.396 e. The molecule has 3 unspecified atom stereocenters. The molecule has 1 saturated carbocycles. The zero-order valence-corrected chi connectivity index (χ0v) is 15.7. The molecule has 25 heavy (non-hydrogen) atoms. The first-order chi connectivity index (χ1) is 11.8. The van der Waals surface area contributed by atoms with Crippen molar-refractivity contribution < 1.29 is 18.3 Å². The fourth-order valence-electron chi connectivity index (χ4n) is 3.48. The Morgan fingerprint density at radius 2 is 2.00 bits per heavy atom. The van der Waals surface area contributed by atoms with Crippen LogP contribution >= 0.6 is 0 Å². The lowest BCUT2D eigenvalue weighted by Crippen LogP contribution is -2.47. The first-order valence-electron chi connectivity index (χ1n) is 9.48. The summed E-state index contributed by atoms with van der Waals surface area (Å²) in [4.78, 5) is 4.57. The van der Waals surface area contributed by atoms with Crippen molar-refractivity contribution in [3.63, 3.8) is 0 Å². The molecule has 0 saturated heterocycles. The van der Waals surface area contributed by atoms with Crippen LogP contribution < -0.4 is 10.6 Å².